The molecular weight excluding hydrogens is 294 g/mol. The minimum Gasteiger partial charge on any atom is -0.492 e. The van der Waals surface area contributed by atoms with E-state index < -0.39 is 18.0 Å². The second-order valence-electron chi connectivity index (χ2n) is 4.83. The molecule has 0 aliphatic heterocycles. The Morgan fingerprint density at radius 3 is 2.39 bits per heavy atom. The molecule has 0 heterocycles. The van der Waals surface area contributed by atoms with Gasteiger partial charge in [-0.2, -0.15) is 0 Å². The van der Waals surface area contributed by atoms with Gasteiger partial charge in [0.15, 0.2) is 6.10 Å². The topological polar surface area (TPSA) is 64.6 Å². The van der Waals surface area contributed by atoms with Crippen molar-refractivity contribution in [2.24, 2.45) is 0 Å². The molecule has 0 saturated carbocycles. The standard InChI is InChI=1S/C18H19NO4/c1-3-22-16-12-8-7-11-15(16)19-17(20)13(2)23-18(21)14-9-5-4-6-10-14/h4-13H,3H2,1-2H3,(H,19,20)/t13-/m1/s1. The first-order valence-corrected chi connectivity index (χ1v) is 7.40. The molecule has 0 unspecified atom stereocenters. The second kappa shape index (κ2) is 7.98. The van der Waals surface area contributed by atoms with Crippen LogP contribution in [0, 0.1) is 0 Å². The van der Waals surface area contributed by atoms with Crippen molar-refractivity contribution in [1.82, 2.24) is 0 Å². The van der Waals surface area contributed by atoms with E-state index in [2.05, 4.69) is 5.32 Å². The first-order chi connectivity index (χ1) is 11.1. The van der Waals surface area contributed by atoms with Gasteiger partial charge in [0.2, 0.25) is 0 Å². The third kappa shape index (κ3) is 4.57. The van der Waals surface area contributed by atoms with Crippen LogP contribution in [0.4, 0.5) is 5.69 Å². The minimum atomic E-state index is -0.919. The summed E-state index contributed by atoms with van der Waals surface area (Å²) in [5.41, 5.74) is 0.948. The molecule has 5 nitrogen and oxygen atoms in total. The molecule has 1 amide bonds. The monoisotopic (exact) mass is 313 g/mol. The van der Waals surface area contributed by atoms with Crippen LogP contribution in [0.5, 0.6) is 5.75 Å². The van der Waals surface area contributed by atoms with Crippen molar-refractivity contribution in [1.29, 1.82) is 0 Å². The maximum Gasteiger partial charge on any atom is 0.338 e. The lowest BCUT2D eigenvalue weighted by Gasteiger charge is -2.15. The van der Waals surface area contributed by atoms with Gasteiger partial charge in [-0.1, -0.05) is 30.3 Å². The van der Waals surface area contributed by atoms with Gasteiger partial charge in [-0.15, -0.1) is 0 Å². The third-order valence-corrected chi connectivity index (χ3v) is 3.11. The van der Waals surface area contributed by atoms with Gasteiger partial charge in [0.1, 0.15) is 5.75 Å². The number of nitrogens with one attached hydrogen (secondary N) is 1. The third-order valence-electron chi connectivity index (χ3n) is 3.11. The summed E-state index contributed by atoms with van der Waals surface area (Å²) in [7, 11) is 0. The van der Waals surface area contributed by atoms with Crippen LogP contribution >= 0.6 is 0 Å². The normalized spacial score (nSPS) is 11.4. The highest BCUT2D eigenvalue weighted by Crippen LogP contribution is 2.24. The molecule has 2 aromatic rings. The van der Waals surface area contributed by atoms with Gasteiger partial charge < -0.3 is 14.8 Å². The molecule has 23 heavy (non-hydrogen) atoms. The number of benzene rings is 2. The molecule has 0 spiro atoms. The fourth-order valence-electron chi connectivity index (χ4n) is 1.94. The first kappa shape index (κ1) is 16.5. The van der Waals surface area contributed by atoms with Crippen molar-refractivity contribution in [3.8, 4) is 5.75 Å². The largest absolute Gasteiger partial charge is 0.492 e. The zero-order valence-corrected chi connectivity index (χ0v) is 13.1. The Morgan fingerprint density at radius 2 is 1.70 bits per heavy atom. The average molecular weight is 313 g/mol. The van der Waals surface area contributed by atoms with Crippen LogP contribution in [0.15, 0.2) is 54.6 Å². The van der Waals surface area contributed by atoms with Crippen LogP contribution < -0.4 is 10.1 Å². The lowest BCUT2D eigenvalue weighted by atomic mass is 10.2. The summed E-state index contributed by atoms with van der Waals surface area (Å²) in [5, 5.41) is 2.71. The fraction of sp³-hybridized carbons (Fsp3) is 0.222. The Labute approximate surface area is 135 Å². The van der Waals surface area contributed by atoms with E-state index in [9.17, 15) is 9.59 Å². The lowest BCUT2D eigenvalue weighted by molar-refractivity contribution is -0.123. The van der Waals surface area contributed by atoms with E-state index in [1.54, 1.807) is 48.5 Å². The predicted molar refractivity (Wildman–Crippen MR) is 87.6 cm³/mol. The highest BCUT2D eigenvalue weighted by atomic mass is 16.5. The van der Waals surface area contributed by atoms with E-state index in [4.69, 9.17) is 9.47 Å². The molecule has 0 bridgehead atoms. The van der Waals surface area contributed by atoms with E-state index in [1.165, 1.54) is 6.92 Å². The average Bonchev–Trinajstić information content (AvgIpc) is 2.57. The highest BCUT2D eigenvalue weighted by molar-refractivity contribution is 5.98. The number of amides is 1. The molecule has 0 radical (unpaired) electrons. The fourth-order valence-corrected chi connectivity index (χ4v) is 1.94. The predicted octanol–water partition coefficient (Wildman–Crippen LogP) is 3.27. The summed E-state index contributed by atoms with van der Waals surface area (Å²) >= 11 is 0. The second-order valence-corrected chi connectivity index (χ2v) is 4.83. The van der Waals surface area contributed by atoms with Crippen LogP contribution in [0.3, 0.4) is 0 Å². The van der Waals surface area contributed by atoms with Crippen molar-refractivity contribution in [3.63, 3.8) is 0 Å². The van der Waals surface area contributed by atoms with E-state index >= 15 is 0 Å². The molecule has 0 fully saturated rings. The van der Waals surface area contributed by atoms with Gasteiger partial charge in [-0.3, -0.25) is 4.79 Å². The van der Waals surface area contributed by atoms with Crippen LogP contribution in [0.25, 0.3) is 0 Å². The molecule has 2 rings (SSSR count). The van der Waals surface area contributed by atoms with Gasteiger partial charge in [0.05, 0.1) is 17.9 Å². The summed E-state index contributed by atoms with van der Waals surface area (Å²) in [5.74, 6) is -0.377. The summed E-state index contributed by atoms with van der Waals surface area (Å²) in [6, 6.07) is 15.7. The molecule has 2 aromatic carbocycles. The number of rotatable bonds is 6. The van der Waals surface area contributed by atoms with Crippen molar-refractivity contribution < 1.29 is 19.1 Å². The number of esters is 1. The summed E-state index contributed by atoms with van der Waals surface area (Å²) < 4.78 is 10.6. The first-order valence-electron chi connectivity index (χ1n) is 7.40. The van der Waals surface area contributed by atoms with Gasteiger partial charge >= 0.3 is 5.97 Å². The number of hydrogen-bond donors (Lipinski definition) is 1. The van der Waals surface area contributed by atoms with E-state index in [0.717, 1.165) is 0 Å². The maximum atomic E-state index is 12.2. The van der Waals surface area contributed by atoms with E-state index in [1.807, 2.05) is 13.0 Å². The maximum absolute atomic E-state index is 12.2. The zero-order valence-electron chi connectivity index (χ0n) is 13.1. The molecule has 5 heteroatoms. The molecule has 120 valence electrons. The van der Waals surface area contributed by atoms with Gasteiger partial charge in [-0.25, -0.2) is 4.79 Å². The summed E-state index contributed by atoms with van der Waals surface area (Å²) in [4.78, 5) is 24.1. The smallest absolute Gasteiger partial charge is 0.338 e. The lowest BCUT2D eigenvalue weighted by Crippen LogP contribution is -2.30. The summed E-state index contributed by atoms with van der Waals surface area (Å²) in [6.07, 6.45) is -0.919. The number of para-hydroxylation sites is 2. The Bertz CT molecular complexity index is 670. The summed E-state index contributed by atoms with van der Waals surface area (Å²) in [6.45, 7) is 3.88. The van der Waals surface area contributed by atoms with Crippen molar-refractivity contribution in [2.75, 3.05) is 11.9 Å². The van der Waals surface area contributed by atoms with Crippen molar-refractivity contribution >= 4 is 17.6 Å². The Morgan fingerprint density at radius 1 is 1.04 bits per heavy atom. The van der Waals surface area contributed by atoms with Gasteiger partial charge in [-0.05, 0) is 38.1 Å². The van der Waals surface area contributed by atoms with Crippen LogP contribution in [0.2, 0.25) is 0 Å². The highest BCUT2D eigenvalue weighted by Gasteiger charge is 2.19. The van der Waals surface area contributed by atoms with Gasteiger partial charge in [0, 0.05) is 0 Å². The van der Waals surface area contributed by atoms with E-state index in [0.29, 0.717) is 23.6 Å². The number of hydrogen-bond acceptors (Lipinski definition) is 4. The number of carbonyl (C=O) groups is 2. The van der Waals surface area contributed by atoms with Crippen LogP contribution in [0.1, 0.15) is 24.2 Å². The number of carbonyl (C=O) groups excluding carboxylic acids is 2. The molecule has 1 atom stereocenters. The van der Waals surface area contributed by atoms with Crippen LogP contribution in [-0.2, 0) is 9.53 Å². The van der Waals surface area contributed by atoms with Crippen LogP contribution in [-0.4, -0.2) is 24.6 Å². The quantitative estimate of drug-likeness (QED) is 0.831. The van der Waals surface area contributed by atoms with Crippen molar-refractivity contribution in [2.45, 2.75) is 20.0 Å². The molecule has 0 saturated heterocycles. The Kier molecular flexibility index (Phi) is 5.74. The molecular formula is C18H19NO4. The number of anilines is 1. The van der Waals surface area contributed by atoms with E-state index in [-0.39, 0.29) is 0 Å². The van der Waals surface area contributed by atoms with Gasteiger partial charge in [0.25, 0.3) is 5.91 Å². The SMILES string of the molecule is CCOc1ccccc1NC(=O)[C@@H](C)OC(=O)c1ccccc1. The zero-order chi connectivity index (χ0) is 16.7. The number of ether oxygens (including phenoxy) is 2. The molecule has 0 aliphatic carbocycles. The molecule has 0 aliphatic rings. The molecule has 0 aromatic heterocycles. The Balaban J connectivity index is 1.99. The minimum absolute atomic E-state index is 0.405. The van der Waals surface area contributed by atoms with Crippen molar-refractivity contribution in [3.05, 3.63) is 60.2 Å². The Hall–Kier alpha value is -2.82. The molecule has 1 N–H and O–H groups in total.